The Bertz CT molecular complexity index is 373. The van der Waals surface area contributed by atoms with Gasteiger partial charge in [-0.2, -0.15) is 5.10 Å². The van der Waals surface area contributed by atoms with Crippen molar-refractivity contribution in [2.45, 2.75) is 0 Å². The molecule has 1 amide bonds. The molecule has 0 bridgehead atoms. The first kappa shape index (κ1) is 10.9. The molecule has 0 saturated carbocycles. The van der Waals surface area contributed by atoms with E-state index in [4.69, 9.17) is 4.79 Å². The maximum atomic E-state index is 8.94. The number of hydrazone groups is 1. The summed E-state index contributed by atoms with van der Waals surface area (Å²) < 4.78 is 0. The lowest BCUT2D eigenvalue weighted by Crippen LogP contribution is -2.18. The van der Waals surface area contributed by atoms with E-state index in [2.05, 4.69) is 16.4 Å². The van der Waals surface area contributed by atoms with Gasteiger partial charge in [0.25, 0.3) is 0 Å². The second-order valence-electron chi connectivity index (χ2n) is 2.62. The summed E-state index contributed by atoms with van der Waals surface area (Å²) in [6.07, 6.45) is 6.08. The molecular weight excluding hydrogens is 192 g/mol. The van der Waals surface area contributed by atoms with E-state index in [1.54, 1.807) is 11.6 Å². The number of nitrogens with two attached hydrogens (primary N) is 1. The van der Waals surface area contributed by atoms with Crippen molar-refractivity contribution < 1.29 is 4.79 Å². The van der Waals surface area contributed by atoms with Gasteiger partial charge in [-0.25, -0.2) is 5.84 Å². The lowest BCUT2D eigenvalue weighted by Gasteiger charge is -2.00. The van der Waals surface area contributed by atoms with E-state index < -0.39 is 0 Å². The van der Waals surface area contributed by atoms with Gasteiger partial charge in [0.05, 0.1) is 5.69 Å². The quantitative estimate of drug-likeness (QED) is 0.273. The Hall–Kier alpha value is -2.14. The van der Waals surface area contributed by atoms with E-state index in [-0.39, 0.29) is 0 Å². The number of nitrogens with zero attached hydrogens (tertiary/aromatic N) is 1. The molecule has 0 spiro atoms. The van der Waals surface area contributed by atoms with Gasteiger partial charge in [0.2, 0.25) is 6.41 Å². The number of hydrazine groups is 1. The predicted molar refractivity (Wildman–Crippen MR) is 61.0 cm³/mol. The van der Waals surface area contributed by atoms with Gasteiger partial charge in [0, 0.05) is 6.21 Å². The van der Waals surface area contributed by atoms with E-state index in [0.717, 1.165) is 5.69 Å². The van der Waals surface area contributed by atoms with Crippen LogP contribution in [0.1, 0.15) is 5.56 Å². The van der Waals surface area contributed by atoms with Crippen LogP contribution >= 0.6 is 0 Å². The van der Waals surface area contributed by atoms with Crippen LogP contribution in [0.5, 0.6) is 0 Å². The number of carbonyl (C=O) groups excluding carboxylic acids is 1. The summed E-state index contributed by atoms with van der Waals surface area (Å²) in [7, 11) is 0. The molecule has 4 N–H and O–H groups in total. The molecule has 5 heteroatoms. The lowest BCUT2D eigenvalue weighted by molar-refractivity contribution is -0.109. The van der Waals surface area contributed by atoms with Crippen molar-refractivity contribution >= 4 is 24.4 Å². The van der Waals surface area contributed by atoms with E-state index >= 15 is 0 Å². The number of anilines is 1. The van der Waals surface area contributed by atoms with Crippen molar-refractivity contribution in [3.05, 3.63) is 35.9 Å². The largest absolute Gasteiger partial charge is 0.297 e. The summed E-state index contributed by atoms with van der Waals surface area (Å²) in [6.45, 7) is 0. The highest BCUT2D eigenvalue weighted by Gasteiger charge is 1.96. The molecule has 1 aromatic carbocycles. The molecule has 0 radical (unpaired) electrons. The number of para-hydroxylation sites is 1. The SMILES string of the molecule is C1=Cc2ccccc2NN=C1.NNC=O. The van der Waals surface area contributed by atoms with Crippen LogP contribution in [-0.4, -0.2) is 12.6 Å². The molecule has 1 aliphatic heterocycles. The van der Waals surface area contributed by atoms with E-state index in [9.17, 15) is 0 Å². The highest BCUT2D eigenvalue weighted by Crippen LogP contribution is 2.17. The maximum absolute atomic E-state index is 8.94. The first-order chi connectivity index (χ1) is 7.38. The second-order valence-corrected chi connectivity index (χ2v) is 2.62. The van der Waals surface area contributed by atoms with Crippen LogP contribution in [-0.2, 0) is 4.79 Å². The van der Waals surface area contributed by atoms with Gasteiger partial charge in [-0.1, -0.05) is 24.3 Å². The number of hydrogen-bond acceptors (Lipinski definition) is 4. The van der Waals surface area contributed by atoms with Gasteiger partial charge in [0.15, 0.2) is 0 Å². The summed E-state index contributed by atoms with van der Waals surface area (Å²) in [5.41, 5.74) is 6.91. The molecule has 0 aromatic heterocycles. The lowest BCUT2D eigenvalue weighted by atomic mass is 10.2. The molecule has 0 fully saturated rings. The van der Waals surface area contributed by atoms with Crippen molar-refractivity contribution in [2.24, 2.45) is 10.9 Å². The molecular formula is C10H12N4O. The molecule has 1 heterocycles. The standard InChI is InChI=1S/C9H8N2.CH4N2O/c1-2-6-9-8(4-1)5-3-7-10-11-9;2-3-1-4/h1-7,11H;1H,2H2,(H,3,4). The topological polar surface area (TPSA) is 79.5 Å². The third kappa shape index (κ3) is 3.61. The van der Waals surface area contributed by atoms with Crippen molar-refractivity contribution in [3.8, 4) is 0 Å². The van der Waals surface area contributed by atoms with Gasteiger partial charge in [0.1, 0.15) is 0 Å². The van der Waals surface area contributed by atoms with Crippen LogP contribution in [0.2, 0.25) is 0 Å². The van der Waals surface area contributed by atoms with E-state index in [0.29, 0.717) is 6.41 Å². The van der Waals surface area contributed by atoms with Gasteiger partial charge >= 0.3 is 0 Å². The monoisotopic (exact) mass is 204 g/mol. The zero-order chi connectivity index (χ0) is 10.9. The molecule has 0 atom stereocenters. The Morgan fingerprint density at radius 3 is 2.87 bits per heavy atom. The fourth-order valence-electron chi connectivity index (χ4n) is 1.04. The number of carbonyl (C=O) groups is 1. The molecule has 0 unspecified atom stereocenters. The van der Waals surface area contributed by atoms with Crippen molar-refractivity contribution in [1.29, 1.82) is 0 Å². The number of hydrogen-bond donors (Lipinski definition) is 3. The third-order valence-corrected chi connectivity index (χ3v) is 1.65. The fourth-order valence-corrected chi connectivity index (χ4v) is 1.04. The van der Waals surface area contributed by atoms with Crippen LogP contribution < -0.4 is 16.7 Å². The number of amides is 1. The second kappa shape index (κ2) is 6.33. The Kier molecular flexibility index (Phi) is 4.62. The summed E-state index contributed by atoms with van der Waals surface area (Å²) in [4.78, 5) is 8.94. The van der Waals surface area contributed by atoms with Crippen LogP contribution in [0.3, 0.4) is 0 Å². The minimum Gasteiger partial charge on any atom is -0.297 e. The Labute approximate surface area is 87.6 Å². The molecule has 0 aliphatic carbocycles. The predicted octanol–water partition coefficient (Wildman–Crippen LogP) is 0.717. The van der Waals surface area contributed by atoms with Crippen LogP contribution in [0.15, 0.2) is 35.4 Å². The van der Waals surface area contributed by atoms with Crippen LogP contribution in [0.4, 0.5) is 5.69 Å². The molecule has 78 valence electrons. The molecule has 5 nitrogen and oxygen atoms in total. The van der Waals surface area contributed by atoms with Gasteiger partial charge in [-0.15, -0.1) is 0 Å². The zero-order valence-corrected chi connectivity index (χ0v) is 8.05. The maximum Gasteiger partial charge on any atom is 0.221 e. The normalized spacial score (nSPS) is 11.3. The number of nitrogens with one attached hydrogen (secondary N) is 2. The highest BCUT2D eigenvalue weighted by molar-refractivity contribution is 5.83. The summed E-state index contributed by atoms with van der Waals surface area (Å²) in [5, 5.41) is 3.95. The summed E-state index contributed by atoms with van der Waals surface area (Å²) in [5.74, 6) is 4.41. The van der Waals surface area contributed by atoms with Crippen molar-refractivity contribution in [1.82, 2.24) is 5.43 Å². The van der Waals surface area contributed by atoms with Crippen LogP contribution in [0, 0.1) is 0 Å². The minimum atomic E-state index is 0.403. The Morgan fingerprint density at radius 1 is 1.40 bits per heavy atom. The fraction of sp³-hybridized carbons (Fsp3) is 0. The summed E-state index contributed by atoms with van der Waals surface area (Å²) >= 11 is 0. The molecule has 15 heavy (non-hydrogen) atoms. The minimum absolute atomic E-state index is 0.403. The zero-order valence-electron chi connectivity index (χ0n) is 8.05. The molecule has 0 saturated heterocycles. The smallest absolute Gasteiger partial charge is 0.221 e. The van der Waals surface area contributed by atoms with Gasteiger partial charge in [-0.3, -0.25) is 15.6 Å². The Balaban J connectivity index is 0.000000245. The first-order valence-corrected chi connectivity index (χ1v) is 4.33. The average molecular weight is 204 g/mol. The Morgan fingerprint density at radius 2 is 2.13 bits per heavy atom. The number of rotatable bonds is 1. The molecule has 2 rings (SSSR count). The van der Waals surface area contributed by atoms with Crippen molar-refractivity contribution in [2.75, 3.05) is 5.43 Å². The number of fused-ring (bicyclic) bond motifs is 1. The molecule has 1 aromatic rings. The van der Waals surface area contributed by atoms with Gasteiger partial charge < -0.3 is 0 Å². The number of allylic oxidation sites excluding steroid dienone is 1. The van der Waals surface area contributed by atoms with Crippen LogP contribution in [0.25, 0.3) is 6.08 Å². The average Bonchev–Trinajstić information content (AvgIpc) is 2.54. The highest BCUT2D eigenvalue weighted by atomic mass is 16.1. The van der Waals surface area contributed by atoms with Gasteiger partial charge in [-0.05, 0) is 17.7 Å². The van der Waals surface area contributed by atoms with Crippen molar-refractivity contribution in [3.63, 3.8) is 0 Å². The summed E-state index contributed by atoms with van der Waals surface area (Å²) in [6, 6.07) is 8.05. The van der Waals surface area contributed by atoms with E-state index in [1.807, 2.05) is 36.4 Å². The first-order valence-electron chi connectivity index (χ1n) is 4.33. The number of benzene rings is 1. The third-order valence-electron chi connectivity index (χ3n) is 1.65. The van der Waals surface area contributed by atoms with E-state index in [1.165, 1.54) is 5.56 Å². The molecule has 1 aliphatic rings.